The molecule has 1 N–H and O–H groups in total. The first kappa shape index (κ1) is 31.3. The summed E-state index contributed by atoms with van der Waals surface area (Å²) in [5.74, 6) is -1.53. The van der Waals surface area contributed by atoms with Crippen molar-refractivity contribution in [1.82, 2.24) is 15.2 Å². The summed E-state index contributed by atoms with van der Waals surface area (Å²) in [6.07, 6.45) is -0.508. The van der Waals surface area contributed by atoms with Crippen molar-refractivity contribution in [3.63, 3.8) is 0 Å². The molecule has 36 heavy (non-hydrogen) atoms. The fraction of sp³-hybridized carbons (Fsp3) is 0.720. The van der Waals surface area contributed by atoms with E-state index < -0.39 is 35.8 Å². The lowest BCUT2D eigenvalue weighted by atomic mass is 9.93. The van der Waals surface area contributed by atoms with Gasteiger partial charge in [0.2, 0.25) is 5.91 Å². The molecule has 0 aromatic carbocycles. The zero-order chi connectivity index (χ0) is 27.8. The Hall–Kier alpha value is -2.69. The Labute approximate surface area is 218 Å². The summed E-state index contributed by atoms with van der Waals surface area (Å²) < 4.78 is 15.6. The molecular formula is C25H41N3O7S. The molecule has 1 heterocycles. The topological polar surface area (TPSA) is 124 Å². The summed E-state index contributed by atoms with van der Waals surface area (Å²) >= 11 is 1.18. The normalized spacial score (nSPS) is 14.9. The van der Waals surface area contributed by atoms with E-state index in [1.807, 2.05) is 27.7 Å². The van der Waals surface area contributed by atoms with Gasteiger partial charge in [-0.25, -0.2) is 14.6 Å². The highest BCUT2D eigenvalue weighted by atomic mass is 32.1. The van der Waals surface area contributed by atoms with E-state index in [-0.39, 0.29) is 35.9 Å². The quantitative estimate of drug-likeness (QED) is 0.333. The van der Waals surface area contributed by atoms with Crippen molar-refractivity contribution in [3.8, 4) is 0 Å². The summed E-state index contributed by atoms with van der Waals surface area (Å²) in [6, 6.07) is -1.16. The first-order valence-electron chi connectivity index (χ1n) is 12.1. The molecule has 0 aliphatic heterocycles. The van der Waals surface area contributed by atoms with Gasteiger partial charge in [-0.3, -0.25) is 9.59 Å². The monoisotopic (exact) mass is 527 g/mol. The second-order valence-corrected chi connectivity index (χ2v) is 11.1. The van der Waals surface area contributed by atoms with E-state index >= 15 is 0 Å². The summed E-state index contributed by atoms with van der Waals surface area (Å²) in [4.78, 5) is 55.7. The lowest BCUT2D eigenvalue weighted by molar-refractivity contribution is -0.148. The van der Waals surface area contributed by atoms with Crippen LogP contribution >= 0.6 is 11.3 Å². The lowest BCUT2D eigenvalue weighted by Gasteiger charge is -2.37. The molecule has 0 fully saturated rings. The highest BCUT2D eigenvalue weighted by Crippen LogP contribution is 2.31. The van der Waals surface area contributed by atoms with Gasteiger partial charge in [0.15, 0.2) is 11.8 Å². The number of ether oxygens (including phenoxy) is 3. The first-order chi connectivity index (χ1) is 16.6. The van der Waals surface area contributed by atoms with E-state index in [9.17, 15) is 19.2 Å². The lowest BCUT2D eigenvalue weighted by Crippen LogP contribution is -2.55. The number of hydrogen-bond donors (Lipinski definition) is 1. The van der Waals surface area contributed by atoms with Crippen LogP contribution in [0.3, 0.4) is 0 Å². The molecule has 0 bridgehead atoms. The molecule has 1 aromatic rings. The predicted molar refractivity (Wildman–Crippen MR) is 137 cm³/mol. The molecule has 2 amide bonds. The van der Waals surface area contributed by atoms with Gasteiger partial charge in [-0.2, -0.15) is 0 Å². The minimum Gasteiger partial charge on any atom is -0.464 e. The van der Waals surface area contributed by atoms with Crippen LogP contribution < -0.4 is 5.32 Å². The van der Waals surface area contributed by atoms with Crippen LogP contribution in [-0.4, -0.2) is 65.7 Å². The molecule has 11 heteroatoms. The number of rotatable bonds is 11. The van der Waals surface area contributed by atoms with Crippen LogP contribution in [0.1, 0.15) is 89.8 Å². The van der Waals surface area contributed by atoms with Crippen molar-refractivity contribution in [1.29, 1.82) is 0 Å². The van der Waals surface area contributed by atoms with E-state index in [1.165, 1.54) is 25.4 Å². The van der Waals surface area contributed by atoms with Gasteiger partial charge in [0.05, 0.1) is 7.11 Å². The maximum absolute atomic E-state index is 13.6. The number of alkyl carbamates (subject to hydrolysis) is 1. The minimum atomic E-state index is -0.797. The molecule has 4 atom stereocenters. The highest BCUT2D eigenvalue weighted by Gasteiger charge is 2.36. The molecule has 10 nitrogen and oxygen atoms in total. The Morgan fingerprint density at radius 3 is 2.25 bits per heavy atom. The number of thiazole rings is 1. The van der Waals surface area contributed by atoms with E-state index in [0.29, 0.717) is 11.4 Å². The number of carbonyl (C=O) groups is 4. The molecule has 0 radical (unpaired) electrons. The van der Waals surface area contributed by atoms with Crippen LogP contribution in [0.4, 0.5) is 4.79 Å². The molecule has 204 valence electrons. The van der Waals surface area contributed by atoms with Crippen LogP contribution in [0.5, 0.6) is 0 Å². The Morgan fingerprint density at radius 2 is 1.78 bits per heavy atom. The SMILES string of the molecule is CC[C@H](C)[C@@H](NC(=O)OC(C)(C)C)C(=O)N(C)[C@H](C[C@@H](OC(C)=O)c1nc(C(=O)OC)cs1)C(C)C. The van der Waals surface area contributed by atoms with Gasteiger partial charge in [-0.1, -0.05) is 34.1 Å². The zero-order valence-corrected chi connectivity index (χ0v) is 23.9. The minimum absolute atomic E-state index is 0.0174. The number of carbonyl (C=O) groups excluding carboxylic acids is 4. The predicted octanol–water partition coefficient (Wildman–Crippen LogP) is 4.35. The highest BCUT2D eigenvalue weighted by molar-refractivity contribution is 7.09. The van der Waals surface area contributed by atoms with Gasteiger partial charge >= 0.3 is 18.0 Å². The number of aromatic nitrogens is 1. The fourth-order valence-corrected chi connectivity index (χ4v) is 4.46. The molecule has 1 rings (SSSR count). The standard InChI is InChI=1S/C25H41N3O7S/c1-11-15(4)20(27-24(32)35-25(6,7)8)22(30)28(9)18(14(2)3)12-19(34-16(5)29)21-26-17(13-36-21)23(31)33-10/h13-15,18-20H,11-12H2,1-10H3,(H,27,32)/t15-,18+,19+,20+/m0/s1. The van der Waals surface area contributed by atoms with Gasteiger partial charge in [-0.05, 0) is 32.6 Å². The first-order valence-corrected chi connectivity index (χ1v) is 13.0. The number of nitrogens with zero attached hydrogens (tertiary/aromatic N) is 2. The largest absolute Gasteiger partial charge is 0.464 e. The average Bonchev–Trinajstić information content (AvgIpc) is 3.26. The van der Waals surface area contributed by atoms with Gasteiger partial charge in [0.1, 0.15) is 16.7 Å². The molecular weight excluding hydrogens is 486 g/mol. The Kier molecular flexibility index (Phi) is 11.8. The van der Waals surface area contributed by atoms with Gasteiger partial charge in [0.25, 0.3) is 0 Å². The van der Waals surface area contributed by atoms with E-state index in [2.05, 4.69) is 10.3 Å². The summed E-state index contributed by atoms with van der Waals surface area (Å²) in [7, 11) is 2.94. The number of nitrogens with one attached hydrogen (secondary N) is 1. The maximum Gasteiger partial charge on any atom is 0.408 e. The smallest absolute Gasteiger partial charge is 0.408 e. The number of hydrogen-bond acceptors (Lipinski definition) is 9. The van der Waals surface area contributed by atoms with Gasteiger partial charge in [0, 0.05) is 31.8 Å². The number of methoxy groups -OCH3 is 1. The molecule has 0 spiro atoms. The molecule has 0 aliphatic carbocycles. The molecule has 0 saturated heterocycles. The van der Waals surface area contributed by atoms with Crippen LogP contribution in [0.2, 0.25) is 0 Å². The summed E-state index contributed by atoms with van der Waals surface area (Å²) in [5, 5.41) is 4.71. The zero-order valence-electron chi connectivity index (χ0n) is 23.0. The molecule has 0 aliphatic rings. The van der Waals surface area contributed by atoms with Crippen molar-refractivity contribution in [3.05, 3.63) is 16.1 Å². The third-order valence-electron chi connectivity index (χ3n) is 5.72. The van der Waals surface area contributed by atoms with E-state index in [0.717, 1.165) is 0 Å². The van der Waals surface area contributed by atoms with Crippen LogP contribution in [0.25, 0.3) is 0 Å². The van der Waals surface area contributed by atoms with Crippen molar-refractivity contribution < 1.29 is 33.4 Å². The third-order valence-corrected chi connectivity index (χ3v) is 6.66. The van der Waals surface area contributed by atoms with Crippen LogP contribution in [0, 0.1) is 11.8 Å². The van der Waals surface area contributed by atoms with Gasteiger partial charge in [-0.15, -0.1) is 11.3 Å². The third kappa shape index (κ3) is 9.40. The summed E-state index contributed by atoms with van der Waals surface area (Å²) in [6.45, 7) is 14.3. The summed E-state index contributed by atoms with van der Waals surface area (Å²) in [5.41, 5.74) is -0.577. The van der Waals surface area contributed by atoms with Crippen molar-refractivity contribution in [2.75, 3.05) is 14.2 Å². The fourth-order valence-electron chi connectivity index (χ4n) is 3.63. The van der Waals surface area contributed by atoms with Crippen molar-refractivity contribution >= 4 is 35.3 Å². The molecule has 0 unspecified atom stereocenters. The van der Waals surface area contributed by atoms with Crippen molar-refractivity contribution in [2.24, 2.45) is 11.8 Å². The van der Waals surface area contributed by atoms with Crippen LogP contribution in [0.15, 0.2) is 5.38 Å². The number of likely N-dealkylation sites (N-methyl/N-ethyl adjacent to an activating group) is 1. The Morgan fingerprint density at radius 1 is 1.17 bits per heavy atom. The Bertz CT molecular complexity index is 910. The van der Waals surface area contributed by atoms with Crippen LogP contribution in [-0.2, 0) is 23.8 Å². The molecule has 1 aromatic heterocycles. The number of esters is 2. The van der Waals surface area contributed by atoms with Gasteiger partial charge < -0.3 is 24.4 Å². The average molecular weight is 528 g/mol. The second-order valence-electron chi connectivity index (χ2n) is 10.2. The number of amides is 2. The van der Waals surface area contributed by atoms with E-state index in [4.69, 9.17) is 14.2 Å². The Balaban J connectivity index is 3.22. The maximum atomic E-state index is 13.6. The second kappa shape index (κ2) is 13.6. The van der Waals surface area contributed by atoms with Crippen molar-refractivity contribution in [2.45, 2.75) is 92.0 Å². The molecule has 0 saturated carbocycles. The van der Waals surface area contributed by atoms with E-state index in [1.54, 1.807) is 38.1 Å².